The largest absolute Gasteiger partial charge is 0.497 e. The lowest BCUT2D eigenvalue weighted by atomic mass is 10.2. The molecule has 1 N–H and O–H groups in total. The van der Waals surface area contributed by atoms with Gasteiger partial charge in [-0.3, -0.25) is 9.36 Å². The number of rotatable bonds is 9. The van der Waals surface area contributed by atoms with Gasteiger partial charge < -0.3 is 14.8 Å². The number of hydrogen-bond acceptors (Lipinski definition) is 6. The maximum atomic E-state index is 12.7. The molecule has 7 nitrogen and oxygen atoms in total. The van der Waals surface area contributed by atoms with Crippen LogP contribution in [0.1, 0.15) is 6.92 Å². The van der Waals surface area contributed by atoms with Crippen molar-refractivity contribution in [2.75, 3.05) is 19.5 Å². The number of amides is 1. The minimum absolute atomic E-state index is 0.128. The van der Waals surface area contributed by atoms with Crippen LogP contribution in [0.25, 0.3) is 11.4 Å². The van der Waals surface area contributed by atoms with Crippen molar-refractivity contribution in [1.29, 1.82) is 0 Å². The van der Waals surface area contributed by atoms with Crippen LogP contribution in [0, 0.1) is 0 Å². The summed E-state index contributed by atoms with van der Waals surface area (Å²) in [6.07, 6.45) is 1.77. The van der Waals surface area contributed by atoms with Crippen molar-refractivity contribution in [3.05, 3.63) is 61.2 Å². The first-order valence-corrected chi connectivity index (χ1v) is 10.2. The first-order chi connectivity index (χ1) is 14.6. The van der Waals surface area contributed by atoms with Crippen molar-refractivity contribution in [2.24, 2.45) is 0 Å². The Morgan fingerprint density at radius 1 is 1.17 bits per heavy atom. The minimum Gasteiger partial charge on any atom is -0.497 e. The maximum Gasteiger partial charge on any atom is 0.237 e. The molecule has 0 spiro atoms. The highest BCUT2D eigenvalue weighted by Gasteiger charge is 2.22. The third kappa shape index (κ3) is 4.83. The van der Waals surface area contributed by atoms with Gasteiger partial charge >= 0.3 is 0 Å². The van der Waals surface area contributed by atoms with E-state index in [1.54, 1.807) is 44.6 Å². The van der Waals surface area contributed by atoms with Crippen molar-refractivity contribution in [3.63, 3.8) is 0 Å². The number of hydrogen-bond donors (Lipinski definition) is 1. The predicted molar refractivity (Wildman–Crippen MR) is 119 cm³/mol. The van der Waals surface area contributed by atoms with Crippen LogP contribution in [0.2, 0.25) is 0 Å². The van der Waals surface area contributed by atoms with Gasteiger partial charge in [0.05, 0.1) is 25.0 Å². The maximum absolute atomic E-state index is 12.7. The van der Waals surface area contributed by atoms with Gasteiger partial charge in [-0.05, 0) is 43.3 Å². The number of thioether (sulfide) groups is 1. The van der Waals surface area contributed by atoms with E-state index in [4.69, 9.17) is 9.47 Å². The number of nitrogens with one attached hydrogen (secondary N) is 1. The Labute approximate surface area is 180 Å². The van der Waals surface area contributed by atoms with Gasteiger partial charge in [-0.1, -0.05) is 30.0 Å². The number of benzene rings is 2. The van der Waals surface area contributed by atoms with E-state index < -0.39 is 0 Å². The molecule has 1 heterocycles. The van der Waals surface area contributed by atoms with E-state index in [0.717, 1.165) is 11.3 Å². The molecule has 0 fully saturated rings. The Bertz CT molecular complexity index is 1020. The molecule has 8 heteroatoms. The summed E-state index contributed by atoms with van der Waals surface area (Å²) in [5, 5.41) is 11.8. The van der Waals surface area contributed by atoms with Crippen LogP contribution in [0.3, 0.4) is 0 Å². The van der Waals surface area contributed by atoms with Crippen LogP contribution in [-0.2, 0) is 11.3 Å². The highest BCUT2D eigenvalue weighted by Crippen LogP contribution is 2.32. The number of ether oxygens (including phenoxy) is 2. The molecule has 156 valence electrons. The number of methoxy groups -OCH3 is 2. The summed E-state index contributed by atoms with van der Waals surface area (Å²) in [4.78, 5) is 12.7. The van der Waals surface area contributed by atoms with Crippen molar-refractivity contribution in [1.82, 2.24) is 14.8 Å². The SMILES string of the molecule is C=CCn1c(S[C@H](C)C(=O)Nc2ccc(OC)cc2)nnc1-c1ccccc1OC. The second-order valence-corrected chi connectivity index (χ2v) is 7.69. The first-order valence-electron chi connectivity index (χ1n) is 9.36. The van der Waals surface area contributed by atoms with Crippen LogP contribution in [0.4, 0.5) is 5.69 Å². The summed E-state index contributed by atoms with van der Waals surface area (Å²) >= 11 is 1.34. The molecule has 30 heavy (non-hydrogen) atoms. The number of allylic oxidation sites excluding steroid dienone is 1. The molecule has 0 radical (unpaired) electrons. The minimum atomic E-state index is -0.384. The predicted octanol–water partition coefficient (Wildman–Crippen LogP) is 4.27. The van der Waals surface area contributed by atoms with Gasteiger partial charge in [0.2, 0.25) is 5.91 Å². The molecule has 3 aromatic rings. The fourth-order valence-corrected chi connectivity index (χ4v) is 3.69. The normalized spacial score (nSPS) is 11.6. The van der Waals surface area contributed by atoms with Gasteiger partial charge in [0.15, 0.2) is 11.0 Å². The molecule has 0 aliphatic carbocycles. The highest BCUT2D eigenvalue weighted by atomic mass is 32.2. The standard InChI is InChI=1S/C22H24N4O3S/c1-5-14-26-20(18-8-6-7-9-19(18)29-4)24-25-22(26)30-15(2)21(27)23-16-10-12-17(28-3)13-11-16/h5-13,15H,1,14H2,2-4H3,(H,23,27)/t15-/m1/s1. The van der Waals surface area contributed by atoms with E-state index in [1.807, 2.05) is 35.8 Å². The lowest BCUT2D eigenvalue weighted by Crippen LogP contribution is -2.23. The van der Waals surface area contributed by atoms with Gasteiger partial charge in [-0.15, -0.1) is 16.8 Å². The average Bonchev–Trinajstić information content (AvgIpc) is 3.16. The summed E-state index contributed by atoms with van der Waals surface area (Å²) in [5.41, 5.74) is 1.53. The second-order valence-electron chi connectivity index (χ2n) is 6.38. The molecule has 0 unspecified atom stereocenters. The smallest absolute Gasteiger partial charge is 0.237 e. The van der Waals surface area contributed by atoms with E-state index >= 15 is 0 Å². The van der Waals surface area contributed by atoms with E-state index in [1.165, 1.54) is 11.8 Å². The number of anilines is 1. The zero-order valence-electron chi connectivity index (χ0n) is 17.2. The Balaban J connectivity index is 1.79. The molecule has 0 saturated carbocycles. The van der Waals surface area contributed by atoms with E-state index in [0.29, 0.717) is 29.0 Å². The van der Waals surface area contributed by atoms with E-state index in [9.17, 15) is 4.79 Å². The monoisotopic (exact) mass is 424 g/mol. The summed E-state index contributed by atoms with van der Waals surface area (Å²) in [6, 6.07) is 14.8. The summed E-state index contributed by atoms with van der Waals surface area (Å²) in [7, 11) is 3.22. The fraction of sp³-hybridized carbons (Fsp3) is 0.227. The Kier molecular flexibility index (Phi) is 7.13. The molecule has 0 saturated heterocycles. The molecule has 0 aliphatic rings. The quantitative estimate of drug-likeness (QED) is 0.408. The van der Waals surface area contributed by atoms with Crippen molar-refractivity contribution in [3.8, 4) is 22.9 Å². The number of para-hydroxylation sites is 1. The molecule has 0 bridgehead atoms. The Morgan fingerprint density at radius 2 is 1.90 bits per heavy atom. The van der Waals surface area contributed by atoms with Crippen LogP contribution in [-0.4, -0.2) is 40.1 Å². The molecule has 1 atom stereocenters. The molecule has 3 rings (SSSR count). The van der Waals surface area contributed by atoms with Crippen molar-refractivity contribution < 1.29 is 14.3 Å². The first kappa shape index (κ1) is 21.4. The van der Waals surface area contributed by atoms with Gasteiger partial charge in [-0.2, -0.15) is 0 Å². The van der Waals surface area contributed by atoms with Gasteiger partial charge in [0, 0.05) is 12.2 Å². The van der Waals surface area contributed by atoms with Crippen molar-refractivity contribution in [2.45, 2.75) is 23.9 Å². The number of nitrogens with zero attached hydrogens (tertiary/aromatic N) is 3. The lowest BCUT2D eigenvalue weighted by molar-refractivity contribution is -0.115. The number of carbonyl (C=O) groups excluding carboxylic acids is 1. The van der Waals surface area contributed by atoms with E-state index in [-0.39, 0.29) is 11.2 Å². The number of aromatic nitrogens is 3. The Hall–Kier alpha value is -3.26. The van der Waals surface area contributed by atoms with Crippen LogP contribution in [0.15, 0.2) is 66.3 Å². The van der Waals surface area contributed by atoms with Crippen LogP contribution < -0.4 is 14.8 Å². The van der Waals surface area contributed by atoms with E-state index in [2.05, 4.69) is 22.1 Å². The summed E-state index contributed by atoms with van der Waals surface area (Å²) in [6.45, 7) is 6.17. The topological polar surface area (TPSA) is 78.3 Å². The Morgan fingerprint density at radius 3 is 2.57 bits per heavy atom. The number of carbonyl (C=O) groups is 1. The zero-order chi connectivity index (χ0) is 21.5. The third-order valence-electron chi connectivity index (χ3n) is 4.39. The third-order valence-corrected chi connectivity index (χ3v) is 5.47. The molecular weight excluding hydrogens is 400 g/mol. The van der Waals surface area contributed by atoms with Crippen LogP contribution >= 0.6 is 11.8 Å². The molecule has 1 aromatic heterocycles. The average molecular weight is 425 g/mol. The zero-order valence-corrected chi connectivity index (χ0v) is 18.0. The molecule has 2 aromatic carbocycles. The molecule has 0 aliphatic heterocycles. The molecule has 1 amide bonds. The highest BCUT2D eigenvalue weighted by molar-refractivity contribution is 8.00. The van der Waals surface area contributed by atoms with Gasteiger partial charge in [-0.25, -0.2) is 0 Å². The fourth-order valence-electron chi connectivity index (χ4n) is 2.83. The summed E-state index contributed by atoms with van der Waals surface area (Å²) < 4.78 is 12.5. The second kappa shape index (κ2) is 9.98. The molecular formula is C22H24N4O3S. The van der Waals surface area contributed by atoms with Gasteiger partial charge in [0.1, 0.15) is 11.5 Å². The van der Waals surface area contributed by atoms with Gasteiger partial charge in [0.25, 0.3) is 0 Å². The van der Waals surface area contributed by atoms with Crippen molar-refractivity contribution >= 4 is 23.4 Å². The summed E-state index contributed by atoms with van der Waals surface area (Å²) in [5.74, 6) is 1.98. The lowest BCUT2D eigenvalue weighted by Gasteiger charge is -2.14. The van der Waals surface area contributed by atoms with Crippen LogP contribution in [0.5, 0.6) is 11.5 Å².